The van der Waals surface area contributed by atoms with Crippen LogP contribution in [0, 0.1) is 6.92 Å². The SMILES string of the molecule is CCN1CCN(C(=O)CCc2csc(C)n2)CC1. The summed E-state index contributed by atoms with van der Waals surface area (Å²) < 4.78 is 0. The van der Waals surface area contributed by atoms with Gasteiger partial charge in [0.15, 0.2) is 0 Å². The number of thiazole rings is 1. The van der Waals surface area contributed by atoms with Crippen molar-refractivity contribution in [3.63, 3.8) is 0 Å². The van der Waals surface area contributed by atoms with Crippen LogP contribution < -0.4 is 0 Å². The minimum atomic E-state index is 0.274. The Morgan fingerprint density at radius 1 is 1.39 bits per heavy atom. The second-order valence-electron chi connectivity index (χ2n) is 4.67. The van der Waals surface area contributed by atoms with E-state index in [1.165, 1.54) is 0 Å². The van der Waals surface area contributed by atoms with Gasteiger partial charge in [0.2, 0.25) is 5.91 Å². The lowest BCUT2D eigenvalue weighted by Gasteiger charge is -2.34. The number of amides is 1. The molecule has 0 bridgehead atoms. The molecule has 1 aliphatic rings. The van der Waals surface area contributed by atoms with E-state index in [1.54, 1.807) is 11.3 Å². The standard InChI is InChI=1S/C13H21N3OS/c1-3-15-6-8-16(9-7-15)13(17)5-4-12-10-18-11(2)14-12/h10H,3-9H2,1-2H3. The molecule has 4 nitrogen and oxygen atoms in total. The van der Waals surface area contributed by atoms with Crippen LogP contribution in [-0.2, 0) is 11.2 Å². The molecule has 1 aromatic heterocycles. The fraction of sp³-hybridized carbons (Fsp3) is 0.692. The van der Waals surface area contributed by atoms with Gasteiger partial charge in [-0.05, 0) is 19.9 Å². The molecule has 0 aromatic carbocycles. The molecule has 0 atom stereocenters. The third-order valence-electron chi connectivity index (χ3n) is 3.43. The smallest absolute Gasteiger partial charge is 0.223 e. The monoisotopic (exact) mass is 267 g/mol. The van der Waals surface area contributed by atoms with Crippen LogP contribution >= 0.6 is 11.3 Å². The molecule has 1 saturated heterocycles. The number of hydrogen-bond donors (Lipinski definition) is 0. The van der Waals surface area contributed by atoms with E-state index in [0.717, 1.165) is 49.8 Å². The molecule has 0 saturated carbocycles. The Morgan fingerprint density at radius 3 is 2.67 bits per heavy atom. The van der Waals surface area contributed by atoms with Gasteiger partial charge in [-0.25, -0.2) is 4.98 Å². The number of nitrogens with zero attached hydrogens (tertiary/aromatic N) is 3. The van der Waals surface area contributed by atoms with Crippen molar-refractivity contribution in [2.24, 2.45) is 0 Å². The van der Waals surface area contributed by atoms with E-state index in [0.29, 0.717) is 6.42 Å². The number of piperazine rings is 1. The van der Waals surface area contributed by atoms with Gasteiger partial charge in [-0.3, -0.25) is 4.79 Å². The van der Waals surface area contributed by atoms with E-state index in [9.17, 15) is 4.79 Å². The van der Waals surface area contributed by atoms with Gasteiger partial charge in [0.25, 0.3) is 0 Å². The molecule has 1 aliphatic heterocycles. The quantitative estimate of drug-likeness (QED) is 0.830. The number of hydrogen-bond acceptors (Lipinski definition) is 4. The van der Waals surface area contributed by atoms with E-state index in [1.807, 2.05) is 11.8 Å². The fourth-order valence-corrected chi connectivity index (χ4v) is 2.88. The average molecular weight is 267 g/mol. The van der Waals surface area contributed by atoms with Crippen LogP contribution in [0.3, 0.4) is 0 Å². The van der Waals surface area contributed by atoms with Gasteiger partial charge in [-0.2, -0.15) is 0 Å². The lowest BCUT2D eigenvalue weighted by atomic mass is 10.2. The summed E-state index contributed by atoms with van der Waals surface area (Å²) >= 11 is 1.65. The number of carbonyl (C=O) groups excluding carboxylic acids is 1. The van der Waals surface area contributed by atoms with E-state index in [-0.39, 0.29) is 5.91 Å². The summed E-state index contributed by atoms with van der Waals surface area (Å²) in [5.74, 6) is 0.274. The lowest BCUT2D eigenvalue weighted by molar-refractivity contribution is -0.132. The third-order valence-corrected chi connectivity index (χ3v) is 4.26. The predicted molar refractivity (Wildman–Crippen MR) is 73.9 cm³/mol. The minimum Gasteiger partial charge on any atom is -0.340 e. The van der Waals surface area contributed by atoms with Crippen molar-refractivity contribution in [3.05, 3.63) is 16.1 Å². The first kappa shape index (κ1) is 13.5. The molecule has 0 aliphatic carbocycles. The summed E-state index contributed by atoms with van der Waals surface area (Å²) in [6, 6.07) is 0. The molecule has 0 radical (unpaired) electrons. The molecule has 1 amide bonds. The Labute approximate surface area is 113 Å². The fourth-order valence-electron chi connectivity index (χ4n) is 2.23. The normalized spacial score (nSPS) is 17.1. The van der Waals surface area contributed by atoms with Crippen molar-refractivity contribution in [1.29, 1.82) is 0 Å². The molecule has 18 heavy (non-hydrogen) atoms. The maximum atomic E-state index is 12.1. The summed E-state index contributed by atoms with van der Waals surface area (Å²) in [4.78, 5) is 20.8. The van der Waals surface area contributed by atoms with Gasteiger partial charge >= 0.3 is 0 Å². The maximum Gasteiger partial charge on any atom is 0.223 e. The van der Waals surface area contributed by atoms with Crippen LogP contribution in [0.4, 0.5) is 0 Å². The average Bonchev–Trinajstić information content (AvgIpc) is 2.82. The molecule has 0 spiro atoms. The second-order valence-corrected chi connectivity index (χ2v) is 5.74. The highest BCUT2D eigenvalue weighted by molar-refractivity contribution is 7.09. The van der Waals surface area contributed by atoms with Crippen molar-refractivity contribution in [2.45, 2.75) is 26.7 Å². The van der Waals surface area contributed by atoms with E-state index in [2.05, 4.69) is 22.2 Å². The van der Waals surface area contributed by atoms with Gasteiger partial charge in [0, 0.05) is 38.0 Å². The topological polar surface area (TPSA) is 36.4 Å². The van der Waals surface area contributed by atoms with Gasteiger partial charge in [-0.1, -0.05) is 6.92 Å². The van der Waals surface area contributed by atoms with Crippen LogP contribution in [0.1, 0.15) is 24.0 Å². The summed E-state index contributed by atoms with van der Waals surface area (Å²) in [6.07, 6.45) is 1.37. The summed E-state index contributed by atoms with van der Waals surface area (Å²) in [5.41, 5.74) is 1.05. The molecule has 0 unspecified atom stereocenters. The zero-order valence-corrected chi connectivity index (χ0v) is 12.0. The highest BCUT2D eigenvalue weighted by atomic mass is 32.1. The first-order valence-corrected chi connectivity index (χ1v) is 7.48. The third kappa shape index (κ3) is 3.53. The molecule has 100 valence electrons. The van der Waals surface area contributed by atoms with Crippen LogP contribution in [0.25, 0.3) is 0 Å². The number of aromatic nitrogens is 1. The van der Waals surface area contributed by atoms with Crippen molar-refractivity contribution in [1.82, 2.24) is 14.8 Å². The van der Waals surface area contributed by atoms with Crippen LogP contribution in [0.5, 0.6) is 0 Å². The van der Waals surface area contributed by atoms with Crippen molar-refractivity contribution < 1.29 is 4.79 Å². The van der Waals surface area contributed by atoms with Gasteiger partial charge in [-0.15, -0.1) is 11.3 Å². The predicted octanol–water partition coefficient (Wildman–Crippen LogP) is 1.55. The maximum absolute atomic E-state index is 12.1. The van der Waals surface area contributed by atoms with E-state index in [4.69, 9.17) is 0 Å². The van der Waals surface area contributed by atoms with Crippen LogP contribution in [0.15, 0.2) is 5.38 Å². The Bertz CT molecular complexity index is 397. The van der Waals surface area contributed by atoms with E-state index >= 15 is 0 Å². The Morgan fingerprint density at radius 2 is 2.11 bits per heavy atom. The Kier molecular flexibility index (Phi) is 4.72. The summed E-state index contributed by atoms with van der Waals surface area (Å²) in [6.45, 7) is 9.03. The largest absolute Gasteiger partial charge is 0.340 e. The highest BCUT2D eigenvalue weighted by Crippen LogP contribution is 2.11. The second kappa shape index (κ2) is 6.29. The number of likely N-dealkylation sites (N-methyl/N-ethyl adjacent to an activating group) is 1. The number of rotatable bonds is 4. The van der Waals surface area contributed by atoms with Gasteiger partial charge < -0.3 is 9.80 Å². The van der Waals surface area contributed by atoms with Crippen LogP contribution in [0.2, 0.25) is 0 Å². The molecule has 1 aromatic rings. The first-order chi connectivity index (χ1) is 8.69. The molecule has 5 heteroatoms. The van der Waals surface area contributed by atoms with Crippen LogP contribution in [-0.4, -0.2) is 53.4 Å². The number of aryl methyl sites for hydroxylation is 2. The molecular weight excluding hydrogens is 246 g/mol. The van der Waals surface area contributed by atoms with Gasteiger partial charge in [0.05, 0.1) is 10.7 Å². The first-order valence-electron chi connectivity index (χ1n) is 6.60. The van der Waals surface area contributed by atoms with Crippen molar-refractivity contribution in [2.75, 3.05) is 32.7 Å². The lowest BCUT2D eigenvalue weighted by Crippen LogP contribution is -2.48. The minimum absolute atomic E-state index is 0.274. The molecular formula is C13H21N3OS. The Hall–Kier alpha value is -0.940. The molecule has 0 N–H and O–H groups in total. The number of carbonyl (C=O) groups is 1. The Balaban J connectivity index is 1.75. The highest BCUT2D eigenvalue weighted by Gasteiger charge is 2.19. The van der Waals surface area contributed by atoms with Crippen molar-refractivity contribution >= 4 is 17.2 Å². The summed E-state index contributed by atoms with van der Waals surface area (Å²) in [5, 5.41) is 3.13. The molecule has 2 heterocycles. The zero-order valence-electron chi connectivity index (χ0n) is 11.2. The summed E-state index contributed by atoms with van der Waals surface area (Å²) in [7, 11) is 0. The van der Waals surface area contributed by atoms with E-state index < -0.39 is 0 Å². The van der Waals surface area contributed by atoms with Gasteiger partial charge in [0.1, 0.15) is 0 Å². The zero-order chi connectivity index (χ0) is 13.0. The molecule has 2 rings (SSSR count). The molecule has 1 fully saturated rings. The van der Waals surface area contributed by atoms with Crippen molar-refractivity contribution in [3.8, 4) is 0 Å².